The van der Waals surface area contributed by atoms with E-state index in [9.17, 15) is 18.0 Å². The maximum atomic E-state index is 14.4. The van der Waals surface area contributed by atoms with Gasteiger partial charge in [0.1, 0.15) is 18.3 Å². The van der Waals surface area contributed by atoms with Crippen molar-refractivity contribution in [3.63, 3.8) is 0 Å². The average molecular weight is 369 g/mol. The highest BCUT2D eigenvalue weighted by molar-refractivity contribution is 5.92. The van der Waals surface area contributed by atoms with E-state index in [1.54, 1.807) is 13.2 Å². The molecule has 2 heterocycles. The van der Waals surface area contributed by atoms with Gasteiger partial charge in [0.2, 0.25) is 0 Å². The highest BCUT2D eigenvalue weighted by atomic mass is 19.3. The first-order valence-electron chi connectivity index (χ1n) is 7.88. The summed E-state index contributed by atoms with van der Waals surface area (Å²) in [5.41, 5.74) is 3.70. The van der Waals surface area contributed by atoms with Gasteiger partial charge in [-0.3, -0.25) is 9.79 Å². The molecule has 0 spiro atoms. The molecule has 0 saturated carbocycles. The number of amidine groups is 1. The van der Waals surface area contributed by atoms with E-state index in [4.69, 9.17) is 10.5 Å². The lowest BCUT2D eigenvalue weighted by Gasteiger charge is -2.39. The van der Waals surface area contributed by atoms with Gasteiger partial charge in [0.05, 0.1) is 6.61 Å². The zero-order valence-electron chi connectivity index (χ0n) is 14.0. The van der Waals surface area contributed by atoms with E-state index in [-0.39, 0.29) is 30.4 Å². The summed E-state index contributed by atoms with van der Waals surface area (Å²) >= 11 is 0. The van der Waals surface area contributed by atoms with Crippen LogP contribution < -0.4 is 11.1 Å². The number of hydrogen-bond acceptors (Lipinski definition) is 5. The maximum absolute atomic E-state index is 14.4. The number of ether oxygens (including phenoxy) is 1. The first-order chi connectivity index (χ1) is 12.3. The van der Waals surface area contributed by atoms with Gasteiger partial charge < -0.3 is 20.4 Å². The van der Waals surface area contributed by atoms with Crippen molar-refractivity contribution in [1.29, 1.82) is 0 Å². The van der Waals surface area contributed by atoms with Gasteiger partial charge in [0.25, 0.3) is 12.3 Å². The number of carbonyl (C=O) groups is 1. The molecule has 1 amide bonds. The van der Waals surface area contributed by atoms with E-state index >= 15 is 0 Å². The SMILES string of the molecule is Cn1ccnc1C(=O)NC1=CC=C(F)C([C@]2(C(F)F)COCC(N)=N2)C1. The molecule has 1 unspecified atom stereocenters. The minimum Gasteiger partial charge on any atom is -0.386 e. The molecule has 2 aliphatic rings. The number of aryl methyl sites for hydroxylation is 1. The Bertz CT molecular complexity index is 802. The Kier molecular flexibility index (Phi) is 4.86. The molecule has 0 bridgehead atoms. The van der Waals surface area contributed by atoms with E-state index in [1.807, 2.05) is 0 Å². The zero-order chi connectivity index (χ0) is 18.9. The third-order valence-corrected chi connectivity index (χ3v) is 4.42. The number of alkyl halides is 2. The highest BCUT2D eigenvalue weighted by Gasteiger charge is 2.51. The quantitative estimate of drug-likeness (QED) is 0.836. The second-order valence-corrected chi connectivity index (χ2v) is 6.20. The van der Waals surface area contributed by atoms with Crippen molar-refractivity contribution < 1.29 is 22.7 Å². The van der Waals surface area contributed by atoms with Gasteiger partial charge in [0.15, 0.2) is 11.4 Å². The third-order valence-electron chi connectivity index (χ3n) is 4.42. The number of rotatable bonds is 4. The largest absolute Gasteiger partial charge is 0.386 e. The van der Waals surface area contributed by atoms with Crippen LogP contribution >= 0.6 is 0 Å². The summed E-state index contributed by atoms with van der Waals surface area (Å²) in [5, 5.41) is 2.58. The van der Waals surface area contributed by atoms with Gasteiger partial charge in [-0.1, -0.05) is 0 Å². The minimum absolute atomic E-state index is 0.0783. The molecule has 0 saturated heterocycles. The van der Waals surface area contributed by atoms with Gasteiger partial charge in [-0.15, -0.1) is 0 Å². The van der Waals surface area contributed by atoms with E-state index < -0.39 is 36.2 Å². The molecular weight excluding hydrogens is 351 g/mol. The smallest absolute Gasteiger partial charge is 0.291 e. The van der Waals surface area contributed by atoms with Crippen LogP contribution in [0.15, 0.2) is 41.1 Å². The molecule has 1 aliphatic carbocycles. The molecule has 10 heteroatoms. The molecule has 1 aromatic heterocycles. The minimum atomic E-state index is -2.99. The number of allylic oxidation sites excluding steroid dienone is 3. The summed E-state index contributed by atoms with van der Waals surface area (Å²) in [6.07, 6.45) is 2.26. The van der Waals surface area contributed by atoms with Crippen molar-refractivity contribution in [3.8, 4) is 0 Å². The number of amides is 1. The molecule has 3 rings (SSSR count). The number of hydrogen-bond donors (Lipinski definition) is 2. The predicted molar refractivity (Wildman–Crippen MR) is 87.2 cm³/mol. The lowest BCUT2D eigenvalue weighted by atomic mass is 9.78. The van der Waals surface area contributed by atoms with Crippen LogP contribution in [0.1, 0.15) is 17.0 Å². The second kappa shape index (κ2) is 6.94. The first-order valence-corrected chi connectivity index (χ1v) is 7.88. The van der Waals surface area contributed by atoms with E-state index in [0.717, 1.165) is 6.08 Å². The van der Waals surface area contributed by atoms with Gasteiger partial charge in [-0.25, -0.2) is 18.2 Å². The fourth-order valence-corrected chi connectivity index (χ4v) is 3.07. The lowest BCUT2D eigenvalue weighted by Crippen LogP contribution is -2.53. The van der Waals surface area contributed by atoms with Crippen LogP contribution in [0.4, 0.5) is 13.2 Å². The standard InChI is InChI=1S/C16H18F3N5O2/c1-24-5-4-21-13(24)14(25)22-9-2-3-11(17)10(6-9)16(15(18)19)8-26-7-12(20)23-16/h2-5,10,15H,6-8H2,1H3,(H2,20,23)(H,22,25)/t10?,16-/m0/s1. The molecule has 2 atom stereocenters. The van der Waals surface area contributed by atoms with Crippen LogP contribution in [-0.2, 0) is 11.8 Å². The van der Waals surface area contributed by atoms with Gasteiger partial charge >= 0.3 is 0 Å². The second-order valence-electron chi connectivity index (χ2n) is 6.20. The van der Waals surface area contributed by atoms with Crippen LogP contribution in [0.25, 0.3) is 0 Å². The predicted octanol–water partition coefficient (Wildman–Crippen LogP) is 1.30. The Labute approximate surface area is 147 Å². The fraction of sp³-hybridized carbons (Fsp3) is 0.438. The number of halogens is 3. The van der Waals surface area contributed by atoms with Crippen molar-refractivity contribution in [2.45, 2.75) is 18.4 Å². The highest BCUT2D eigenvalue weighted by Crippen LogP contribution is 2.41. The van der Waals surface area contributed by atoms with Crippen molar-refractivity contribution in [1.82, 2.24) is 14.9 Å². The van der Waals surface area contributed by atoms with Crippen LogP contribution in [0.5, 0.6) is 0 Å². The summed E-state index contributed by atoms with van der Waals surface area (Å²) in [6.45, 7) is -0.539. The Morgan fingerprint density at radius 2 is 2.27 bits per heavy atom. The number of nitrogens with zero attached hydrogens (tertiary/aromatic N) is 3. The summed E-state index contributed by atoms with van der Waals surface area (Å²) in [6, 6.07) is 0. The third kappa shape index (κ3) is 3.24. The summed E-state index contributed by atoms with van der Waals surface area (Å²) in [4.78, 5) is 20.0. The lowest BCUT2D eigenvalue weighted by molar-refractivity contribution is -0.0376. The average Bonchev–Trinajstić information content (AvgIpc) is 3.02. The number of imidazole rings is 1. The van der Waals surface area contributed by atoms with Crippen molar-refractivity contribution in [3.05, 3.63) is 41.9 Å². The van der Waals surface area contributed by atoms with Crippen LogP contribution in [0.2, 0.25) is 0 Å². The Hall–Kier alpha value is -2.62. The summed E-state index contributed by atoms with van der Waals surface area (Å²) in [5.74, 6) is -2.56. The zero-order valence-corrected chi connectivity index (χ0v) is 14.0. The molecule has 26 heavy (non-hydrogen) atoms. The molecule has 7 nitrogen and oxygen atoms in total. The number of aromatic nitrogens is 2. The Morgan fingerprint density at radius 3 is 2.88 bits per heavy atom. The Balaban J connectivity index is 1.84. The summed E-state index contributed by atoms with van der Waals surface area (Å²) in [7, 11) is 1.64. The first kappa shape index (κ1) is 18.2. The molecule has 140 valence electrons. The molecule has 1 aliphatic heterocycles. The topological polar surface area (TPSA) is 94.5 Å². The van der Waals surface area contributed by atoms with Gasteiger partial charge in [-0.05, 0) is 18.6 Å². The van der Waals surface area contributed by atoms with E-state index in [1.165, 1.54) is 16.8 Å². The summed E-state index contributed by atoms with van der Waals surface area (Å²) < 4.78 is 48.6. The molecule has 0 aromatic carbocycles. The molecule has 0 radical (unpaired) electrons. The van der Waals surface area contributed by atoms with Crippen LogP contribution in [0, 0.1) is 5.92 Å². The molecule has 0 fully saturated rings. The van der Waals surface area contributed by atoms with Crippen molar-refractivity contribution in [2.75, 3.05) is 13.2 Å². The van der Waals surface area contributed by atoms with Crippen LogP contribution in [0.3, 0.4) is 0 Å². The normalized spacial score (nSPS) is 26.2. The maximum Gasteiger partial charge on any atom is 0.291 e. The van der Waals surface area contributed by atoms with Crippen molar-refractivity contribution in [2.24, 2.45) is 23.7 Å². The fourth-order valence-electron chi connectivity index (χ4n) is 3.07. The monoisotopic (exact) mass is 369 g/mol. The van der Waals surface area contributed by atoms with E-state index in [2.05, 4.69) is 15.3 Å². The Morgan fingerprint density at radius 1 is 1.50 bits per heavy atom. The molecular formula is C16H18F3N5O2. The van der Waals surface area contributed by atoms with Crippen LogP contribution in [-0.4, -0.2) is 46.5 Å². The molecule has 1 aromatic rings. The number of nitrogens with one attached hydrogen (secondary N) is 1. The molecule has 3 N–H and O–H groups in total. The number of aliphatic imine (C=N–C) groups is 1. The van der Waals surface area contributed by atoms with Gasteiger partial charge in [0, 0.05) is 31.1 Å². The van der Waals surface area contributed by atoms with E-state index in [0.29, 0.717) is 0 Å². The number of nitrogens with two attached hydrogens (primary N) is 1. The van der Waals surface area contributed by atoms with Crippen molar-refractivity contribution >= 4 is 11.7 Å². The van der Waals surface area contributed by atoms with Gasteiger partial charge in [-0.2, -0.15) is 0 Å². The number of carbonyl (C=O) groups excluding carboxylic acids is 1.